The molecular formula is C17H17BrN2O4. The second-order valence-corrected chi connectivity index (χ2v) is 5.52. The molecule has 0 spiro atoms. The number of amides is 1. The van der Waals surface area contributed by atoms with E-state index in [1.54, 1.807) is 31.5 Å². The van der Waals surface area contributed by atoms with Crippen LogP contribution in [0.5, 0.6) is 17.2 Å². The molecule has 0 unspecified atom stereocenters. The fourth-order valence-corrected chi connectivity index (χ4v) is 2.53. The Balaban J connectivity index is 2.06. The molecule has 0 aliphatic heterocycles. The summed E-state index contributed by atoms with van der Waals surface area (Å²) in [6.07, 6.45) is 1.54. The van der Waals surface area contributed by atoms with E-state index >= 15 is 0 Å². The largest absolute Gasteiger partial charge is 0.496 e. The van der Waals surface area contributed by atoms with Crippen molar-refractivity contribution in [2.75, 3.05) is 21.3 Å². The summed E-state index contributed by atoms with van der Waals surface area (Å²) in [4.78, 5) is 12.1. The van der Waals surface area contributed by atoms with Crippen molar-refractivity contribution in [2.45, 2.75) is 0 Å². The molecule has 0 aromatic heterocycles. The van der Waals surface area contributed by atoms with Crippen molar-refractivity contribution in [3.63, 3.8) is 0 Å². The lowest BCUT2D eigenvalue weighted by Gasteiger charge is -2.08. The van der Waals surface area contributed by atoms with Gasteiger partial charge in [0.2, 0.25) is 0 Å². The summed E-state index contributed by atoms with van der Waals surface area (Å²) in [6, 6.07) is 10.4. The fraction of sp³-hybridized carbons (Fsp3) is 0.176. The Labute approximate surface area is 148 Å². The molecule has 7 heteroatoms. The van der Waals surface area contributed by atoms with Crippen LogP contribution in [0.3, 0.4) is 0 Å². The Bertz CT molecular complexity index is 762. The number of nitrogens with one attached hydrogen (secondary N) is 1. The minimum Gasteiger partial charge on any atom is -0.496 e. The number of benzene rings is 2. The van der Waals surface area contributed by atoms with Gasteiger partial charge in [0.15, 0.2) is 11.5 Å². The zero-order chi connectivity index (χ0) is 17.5. The van der Waals surface area contributed by atoms with Crippen LogP contribution in [-0.2, 0) is 0 Å². The minimum atomic E-state index is -0.347. The number of hydrogen-bond donors (Lipinski definition) is 1. The van der Waals surface area contributed by atoms with E-state index in [0.717, 1.165) is 15.8 Å². The van der Waals surface area contributed by atoms with E-state index in [1.165, 1.54) is 14.2 Å². The van der Waals surface area contributed by atoms with Crippen LogP contribution in [0, 0.1) is 0 Å². The number of methoxy groups -OCH3 is 3. The van der Waals surface area contributed by atoms with Crippen LogP contribution in [0.15, 0.2) is 46.0 Å². The van der Waals surface area contributed by atoms with Gasteiger partial charge in [-0.1, -0.05) is 0 Å². The topological polar surface area (TPSA) is 69.2 Å². The van der Waals surface area contributed by atoms with Crippen molar-refractivity contribution in [3.05, 3.63) is 52.0 Å². The first-order valence-electron chi connectivity index (χ1n) is 6.98. The molecule has 0 aliphatic carbocycles. The van der Waals surface area contributed by atoms with Crippen LogP contribution in [0.4, 0.5) is 0 Å². The van der Waals surface area contributed by atoms with Crippen LogP contribution in [-0.4, -0.2) is 33.5 Å². The fourth-order valence-electron chi connectivity index (χ4n) is 1.97. The number of hydrazone groups is 1. The summed E-state index contributed by atoms with van der Waals surface area (Å²) in [5, 5.41) is 3.95. The third kappa shape index (κ3) is 4.26. The van der Waals surface area contributed by atoms with E-state index in [2.05, 4.69) is 26.5 Å². The average Bonchev–Trinajstić information content (AvgIpc) is 2.61. The standard InChI is InChI=1S/C17H17BrN2O4/c1-22-14-6-4-11(8-13(14)18)10-19-20-17(21)12-5-7-15(23-2)16(9-12)24-3/h4-10H,1-3H3,(H,20,21)/b19-10-. The van der Waals surface area contributed by atoms with E-state index in [9.17, 15) is 4.79 Å². The SMILES string of the molecule is COc1ccc(/C=N\NC(=O)c2ccc(OC)c(OC)c2)cc1Br. The van der Waals surface area contributed by atoms with Crippen molar-refractivity contribution in [2.24, 2.45) is 5.10 Å². The van der Waals surface area contributed by atoms with E-state index < -0.39 is 0 Å². The van der Waals surface area contributed by atoms with Gasteiger partial charge in [0.25, 0.3) is 5.91 Å². The van der Waals surface area contributed by atoms with Crippen LogP contribution in [0.25, 0.3) is 0 Å². The van der Waals surface area contributed by atoms with Crippen molar-refractivity contribution in [1.29, 1.82) is 0 Å². The molecule has 2 rings (SSSR count). The predicted molar refractivity (Wildman–Crippen MR) is 95.3 cm³/mol. The molecule has 0 saturated heterocycles. The maximum Gasteiger partial charge on any atom is 0.271 e. The Kier molecular flexibility index (Phi) is 6.20. The normalized spacial score (nSPS) is 10.5. The second-order valence-electron chi connectivity index (χ2n) is 4.66. The predicted octanol–water partition coefficient (Wildman–Crippen LogP) is 3.24. The molecule has 2 aromatic rings. The Morgan fingerprint density at radius 3 is 2.29 bits per heavy atom. The molecule has 0 atom stereocenters. The van der Waals surface area contributed by atoms with Gasteiger partial charge >= 0.3 is 0 Å². The summed E-state index contributed by atoms with van der Waals surface area (Å²) in [5.41, 5.74) is 3.70. The van der Waals surface area contributed by atoms with Crippen molar-refractivity contribution in [3.8, 4) is 17.2 Å². The molecule has 2 aromatic carbocycles. The molecule has 24 heavy (non-hydrogen) atoms. The molecule has 0 aliphatic rings. The van der Waals surface area contributed by atoms with E-state index in [1.807, 2.05) is 18.2 Å². The van der Waals surface area contributed by atoms with Gasteiger partial charge in [0.1, 0.15) is 5.75 Å². The number of carbonyl (C=O) groups is 1. The maximum absolute atomic E-state index is 12.1. The van der Waals surface area contributed by atoms with Crippen LogP contribution in [0.1, 0.15) is 15.9 Å². The lowest BCUT2D eigenvalue weighted by molar-refractivity contribution is 0.0954. The minimum absolute atomic E-state index is 0.347. The van der Waals surface area contributed by atoms with Crippen LogP contribution >= 0.6 is 15.9 Å². The zero-order valence-electron chi connectivity index (χ0n) is 13.5. The quantitative estimate of drug-likeness (QED) is 0.605. The molecule has 0 radical (unpaired) electrons. The summed E-state index contributed by atoms with van der Waals surface area (Å²) in [6.45, 7) is 0. The molecule has 1 N–H and O–H groups in total. The smallest absolute Gasteiger partial charge is 0.271 e. The van der Waals surface area contributed by atoms with E-state index in [-0.39, 0.29) is 5.91 Å². The number of carbonyl (C=O) groups excluding carboxylic acids is 1. The Hall–Kier alpha value is -2.54. The van der Waals surface area contributed by atoms with Gasteiger partial charge in [-0.05, 0) is 57.9 Å². The molecule has 0 saturated carbocycles. The number of rotatable bonds is 6. The van der Waals surface area contributed by atoms with Crippen molar-refractivity contribution in [1.82, 2.24) is 5.43 Å². The average molecular weight is 393 g/mol. The first-order chi connectivity index (χ1) is 11.6. The highest BCUT2D eigenvalue weighted by Gasteiger charge is 2.10. The van der Waals surface area contributed by atoms with Crippen molar-refractivity contribution < 1.29 is 19.0 Å². The highest BCUT2D eigenvalue weighted by atomic mass is 79.9. The summed E-state index contributed by atoms with van der Waals surface area (Å²) >= 11 is 3.39. The third-order valence-electron chi connectivity index (χ3n) is 3.20. The first kappa shape index (κ1) is 17.8. The second kappa shape index (κ2) is 8.35. The van der Waals surface area contributed by atoms with Gasteiger partial charge in [0.05, 0.1) is 32.0 Å². The number of nitrogens with zero attached hydrogens (tertiary/aromatic N) is 1. The molecular weight excluding hydrogens is 376 g/mol. The highest BCUT2D eigenvalue weighted by Crippen LogP contribution is 2.27. The highest BCUT2D eigenvalue weighted by molar-refractivity contribution is 9.10. The summed E-state index contributed by atoms with van der Waals surface area (Å²) in [5.74, 6) is 1.41. The first-order valence-corrected chi connectivity index (χ1v) is 7.77. The molecule has 0 heterocycles. The molecule has 0 fully saturated rings. The van der Waals surface area contributed by atoms with E-state index in [0.29, 0.717) is 17.1 Å². The Morgan fingerprint density at radius 2 is 1.67 bits per heavy atom. The van der Waals surface area contributed by atoms with Gasteiger partial charge in [-0.2, -0.15) is 5.10 Å². The lowest BCUT2D eigenvalue weighted by atomic mass is 10.2. The maximum atomic E-state index is 12.1. The van der Waals surface area contributed by atoms with Gasteiger partial charge in [-0.15, -0.1) is 0 Å². The monoisotopic (exact) mass is 392 g/mol. The van der Waals surface area contributed by atoms with E-state index in [4.69, 9.17) is 14.2 Å². The van der Waals surface area contributed by atoms with Gasteiger partial charge in [0, 0.05) is 5.56 Å². The summed E-state index contributed by atoms with van der Waals surface area (Å²) < 4.78 is 16.3. The summed E-state index contributed by atoms with van der Waals surface area (Å²) in [7, 11) is 4.64. The number of ether oxygens (including phenoxy) is 3. The zero-order valence-corrected chi connectivity index (χ0v) is 15.1. The third-order valence-corrected chi connectivity index (χ3v) is 3.82. The molecule has 1 amide bonds. The van der Waals surface area contributed by atoms with Crippen LogP contribution in [0.2, 0.25) is 0 Å². The number of hydrogen-bond acceptors (Lipinski definition) is 5. The molecule has 0 bridgehead atoms. The molecule has 126 valence electrons. The van der Waals surface area contributed by atoms with Crippen molar-refractivity contribution >= 4 is 28.1 Å². The van der Waals surface area contributed by atoms with Gasteiger partial charge < -0.3 is 14.2 Å². The van der Waals surface area contributed by atoms with Crippen LogP contribution < -0.4 is 19.6 Å². The number of halogens is 1. The lowest BCUT2D eigenvalue weighted by Crippen LogP contribution is -2.17. The van der Waals surface area contributed by atoms with Gasteiger partial charge in [-0.25, -0.2) is 5.43 Å². The Morgan fingerprint density at radius 1 is 1.00 bits per heavy atom. The van der Waals surface area contributed by atoms with Gasteiger partial charge in [-0.3, -0.25) is 4.79 Å². The molecule has 6 nitrogen and oxygen atoms in total.